The second-order valence-electron chi connectivity index (χ2n) is 5.12. The first-order chi connectivity index (χ1) is 8.56. The number of benzene rings is 1. The SMILES string of the molecule is CC1CCC(CNC(=O)c2ccc(F)cc2I)C1. The molecule has 0 radical (unpaired) electrons. The Labute approximate surface area is 120 Å². The minimum atomic E-state index is -0.305. The van der Waals surface area contributed by atoms with Crippen LogP contribution in [0.3, 0.4) is 0 Å². The Kier molecular flexibility index (Phi) is 4.59. The summed E-state index contributed by atoms with van der Waals surface area (Å²) in [5, 5.41) is 2.96. The molecule has 98 valence electrons. The summed E-state index contributed by atoms with van der Waals surface area (Å²) in [6, 6.07) is 4.26. The van der Waals surface area contributed by atoms with E-state index in [0.29, 0.717) is 15.1 Å². The van der Waals surface area contributed by atoms with Crippen molar-refractivity contribution in [2.45, 2.75) is 26.2 Å². The fraction of sp³-hybridized carbons (Fsp3) is 0.500. The highest BCUT2D eigenvalue weighted by molar-refractivity contribution is 14.1. The maximum absolute atomic E-state index is 12.9. The second-order valence-corrected chi connectivity index (χ2v) is 6.28. The van der Waals surface area contributed by atoms with E-state index >= 15 is 0 Å². The van der Waals surface area contributed by atoms with Crippen LogP contribution in [0.4, 0.5) is 4.39 Å². The van der Waals surface area contributed by atoms with Crippen molar-refractivity contribution < 1.29 is 9.18 Å². The van der Waals surface area contributed by atoms with Crippen molar-refractivity contribution in [3.8, 4) is 0 Å². The summed E-state index contributed by atoms with van der Waals surface area (Å²) < 4.78 is 13.6. The summed E-state index contributed by atoms with van der Waals surface area (Å²) in [7, 11) is 0. The molecule has 2 unspecified atom stereocenters. The summed E-state index contributed by atoms with van der Waals surface area (Å²) in [6.07, 6.45) is 3.65. The van der Waals surface area contributed by atoms with Gasteiger partial charge in [0.25, 0.3) is 5.91 Å². The summed E-state index contributed by atoms with van der Waals surface area (Å²) in [5.41, 5.74) is 0.558. The number of hydrogen-bond donors (Lipinski definition) is 1. The number of amides is 1. The lowest BCUT2D eigenvalue weighted by Gasteiger charge is -2.12. The Morgan fingerprint density at radius 1 is 1.50 bits per heavy atom. The van der Waals surface area contributed by atoms with Gasteiger partial charge in [-0.3, -0.25) is 4.79 Å². The van der Waals surface area contributed by atoms with Crippen LogP contribution in [0.1, 0.15) is 36.5 Å². The van der Waals surface area contributed by atoms with Gasteiger partial charge in [-0.15, -0.1) is 0 Å². The zero-order chi connectivity index (χ0) is 13.1. The highest BCUT2D eigenvalue weighted by Gasteiger charge is 2.22. The smallest absolute Gasteiger partial charge is 0.252 e. The normalized spacial score (nSPS) is 23.1. The molecule has 2 atom stereocenters. The van der Waals surface area contributed by atoms with E-state index in [1.165, 1.54) is 31.4 Å². The van der Waals surface area contributed by atoms with Crippen molar-refractivity contribution in [1.82, 2.24) is 5.32 Å². The molecular formula is C14H17FINO. The second kappa shape index (κ2) is 5.99. The third-order valence-corrected chi connectivity index (χ3v) is 4.42. The number of halogens is 2. The number of carbonyl (C=O) groups is 1. The molecule has 0 bridgehead atoms. The van der Waals surface area contributed by atoms with Gasteiger partial charge in [-0.25, -0.2) is 4.39 Å². The molecule has 1 aliphatic rings. The van der Waals surface area contributed by atoms with Crippen LogP contribution in [0, 0.1) is 21.2 Å². The molecule has 1 N–H and O–H groups in total. The molecule has 1 amide bonds. The van der Waals surface area contributed by atoms with Gasteiger partial charge in [-0.1, -0.05) is 13.3 Å². The maximum Gasteiger partial charge on any atom is 0.252 e. The number of hydrogen-bond acceptors (Lipinski definition) is 1. The van der Waals surface area contributed by atoms with E-state index in [1.54, 1.807) is 6.07 Å². The Bertz CT molecular complexity index is 449. The van der Waals surface area contributed by atoms with E-state index in [1.807, 2.05) is 22.6 Å². The summed E-state index contributed by atoms with van der Waals surface area (Å²) in [5.74, 6) is 0.972. The molecule has 0 heterocycles. The quantitative estimate of drug-likeness (QED) is 0.819. The average Bonchev–Trinajstić information content (AvgIpc) is 2.72. The summed E-state index contributed by atoms with van der Waals surface area (Å²) >= 11 is 1.99. The molecule has 0 aromatic heterocycles. The minimum absolute atomic E-state index is 0.0982. The highest BCUT2D eigenvalue weighted by Crippen LogP contribution is 2.29. The summed E-state index contributed by atoms with van der Waals surface area (Å²) in [4.78, 5) is 12.0. The Morgan fingerprint density at radius 2 is 2.28 bits per heavy atom. The van der Waals surface area contributed by atoms with Crippen molar-refractivity contribution in [3.05, 3.63) is 33.1 Å². The molecule has 1 fully saturated rings. The standard InChI is InChI=1S/C14H17FINO/c1-9-2-3-10(6-9)8-17-14(18)12-5-4-11(15)7-13(12)16/h4-5,7,9-10H,2-3,6,8H2,1H3,(H,17,18). The molecule has 0 spiro atoms. The van der Waals surface area contributed by atoms with Crippen molar-refractivity contribution in [3.63, 3.8) is 0 Å². The van der Waals surface area contributed by atoms with Gasteiger partial charge >= 0.3 is 0 Å². The van der Waals surface area contributed by atoms with Crippen molar-refractivity contribution in [2.75, 3.05) is 6.54 Å². The van der Waals surface area contributed by atoms with Gasteiger partial charge in [-0.2, -0.15) is 0 Å². The lowest BCUT2D eigenvalue weighted by molar-refractivity contribution is 0.0946. The first kappa shape index (κ1) is 13.8. The van der Waals surface area contributed by atoms with E-state index in [9.17, 15) is 9.18 Å². The first-order valence-electron chi connectivity index (χ1n) is 6.29. The Balaban J connectivity index is 1.91. The van der Waals surface area contributed by atoms with Gasteiger partial charge in [0.1, 0.15) is 5.82 Å². The Morgan fingerprint density at radius 3 is 2.89 bits per heavy atom. The molecule has 4 heteroatoms. The lowest BCUT2D eigenvalue weighted by Crippen LogP contribution is -2.29. The predicted octanol–water partition coefficient (Wildman–Crippen LogP) is 3.60. The van der Waals surface area contributed by atoms with E-state index in [0.717, 1.165) is 12.5 Å². The third kappa shape index (κ3) is 3.43. The van der Waals surface area contributed by atoms with Gasteiger partial charge in [0.2, 0.25) is 0 Å². The monoisotopic (exact) mass is 361 g/mol. The van der Waals surface area contributed by atoms with Crippen molar-refractivity contribution in [1.29, 1.82) is 0 Å². The zero-order valence-corrected chi connectivity index (χ0v) is 12.5. The molecule has 18 heavy (non-hydrogen) atoms. The van der Waals surface area contributed by atoms with Crippen LogP contribution in [0.2, 0.25) is 0 Å². The van der Waals surface area contributed by atoms with Crippen LogP contribution in [0.25, 0.3) is 0 Å². The van der Waals surface area contributed by atoms with Gasteiger partial charge < -0.3 is 5.32 Å². The first-order valence-corrected chi connectivity index (χ1v) is 7.37. The zero-order valence-electron chi connectivity index (χ0n) is 10.4. The van der Waals surface area contributed by atoms with Crippen LogP contribution in [0.15, 0.2) is 18.2 Å². The van der Waals surface area contributed by atoms with Gasteiger partial charge in [0.15, 0.2) is 0 Å². The van der Waals surface area contributed by atoms with Crippen LogP contribution < -0.4 is 5.32 Å². The molecule has 1 saturated carbocycles. The maximum atomic E-state index is 12.9. The molecule has 0 saturated heterocycles. The van der Waals surface area contributed by atoms with E-state index in [-0.39, 0.29) is 11.7 Å². The Hall–Kier alpha value is -0.650. The number of rotatable bonds is 3. The molecule has 2 nitrogen and oxygen atoms in total. The average molecular weight is 361 g/mol. The van der Waals surface area contributed by atoms with Crippen LogP contribution in [-0.2, 0) is 0 Å². The van der Waals surface area contributed by atoms with Crippen LogP contribution in [0.5, 0.6) is 0 Å². The molecule has 0 aliphatic heterocycles. The van der Waals surface area contributed by atoms with Crippen molar-refractivity contribution in [2.24, 2.45) is 11.8 Å². The molecule has 2 rings (SSSR count). The van der Waals surface area contributed by atoms with Crippen LogP contribution >= 0.6 is 22.6 Å². The largest absolute Gasteiger partial charge is 0.352 e. The molecule has 1 aliphatic carbocycles. The predicted molar refractivity (Wildman–Crippen MR) is 78.0 cm³/mol. The minimum Gasteiger partial charge on any atom is -0.352 e. The lowest BCUT2D eigenvalue weighted by atomic mass is 10.1. The van der Waals surface area contributed by atoms with E-state index < -0.39 is 0 Å². The molecular weight excluding hydrogens is 344 g/mol. The highest BCUT2D eigenvalue weighted by atomic mass is 127. The van der Waals surface area contributed by atoms with E-state index in [2.05, 4.69) is 12.2 Å². The van der Waals surface area contributed by atoms with Gasteiger partial charge in [0, 0.05) is 10.1 Å². The fourth-order valence-corrected chi connectivity index (χ4v) is 3.24. The fourth-order valence-electron chi connectivity index (χ4n) is 2.52. The topological polar surface area (TPSA) is 29.1 Å². The number of nitrogens with one attached hydrogen (secondary N) is 1. The van der Waals surface area contributed by atoms with Crippen molar-refractivity contribution >= 4 is 28.5 Å². The molecule has 1 aromatic rings. The van der Waals surface area contributed by atoms with Gasteiger partial charge in [0.05, 0.1) is 5.56 Å². The third-order valence-electron chi connectivity index (χ3n) is 3.53. The van der Waals surface area contributed by atoms with Gasteiger partial charge in [-0.05, 0) is 65.5 Å². The molecule has 1 aromatic carbocycles. The summed E-state index contributed by atoms with van der Waals surface area (Å²) in [6.45, 7) is 2.99. The van der Waals surface area contributed by atoms with E-state index in [4.69, 9.17) is 0 Å². The number of carbonyl (C=O) groups excluding carboxylic acids is 1. The van der Waals surface area contributed by atoms with Crippen LogP contribution in [-0.4, -0.2) is 12.5 Å².